The first-order chi connectivity index (χ1) is 19.1. The van der Waals surface area contributed by atoms with E-state index in [-0.39, 0.29) is 0 Å². The fourth-order valence-electron chi connectivity index (χ4n) is 5.44. The second-order valence-electron chi connectivity index (χ2n) is 9.96. The minimum atomic E-state index is 0.687. The zero-order valence-corrected chi connectivity index (χ0v) is 22.1. The van der Waals surface area contributed by atoms with Gasteiger partial charge >= 0.3 is 0 Å². The summed E-state index contributed by atoms with van der Waals surface area (Å²) in [7, 11) is 4.14. The molecule has 0 saturated heterocycles. The molecule has 0 N–H and O–H groups in total. The van der Waals surface area contributed by atoms with Crippen molar-refractivity contribution in [2.75, 3.05) is 0 Å². The Morgan fingerprint density at radius 2 is 1.41 bits per heavy atom. The summed E-state index contributed by atoms with van der Waals surface area (Å²) in [6.07, 6.45) is 4.14. The van der Waals surface area contributed by atoms with Crippen LogP contribution in [0, 0.1) is 6.92 Å². The summed E-state index contributed by atoms with van der Waals surface area (Å²) >= 11 is 0. The van der Waals surface area contributed by atoms with E-state index in [1.165, 1.54) is 5.56 Å². The van der Waals surface area contributed by atoms with Crippen LogP contribution < -0.4 is 4.57 Å². The quantitative estimate of drug-likeness (QED) is 0.232. The summed E-state index contributed by atoms with van der Waals surface area (Å²) in [5.41, 5.74) is 8.65. The first-order valence-electron chi connectivity index (χ1n) is 13.0. The maximum Gasteiger partial charge on any atom is 0.292 e. The van der Waals surface area contributed by atoms with E-state index in [0.29, 0.717) is 5.82 Å². The van der Waals surface area contributed by atoms with Gasteiger partial charge in [-0.2, -0.15) is 0 Å². The molecule has 5 heteroatoms. The standard InChI is InChI=1S/C34H27N4O/c1-22-17-18-26-25-15-10-16-27(31(25)39-32(26)30(22)34-37(2)19-20-38(34)3)29-21-28(23-11-6-4-7-12-23)35-33(36-29)24-13-8-5-9-14-24/h4-21H,1-3H3/q+1. The zero-order chi connectivity index (χ0) is 26.5. The van der Waals surface area contributed by atoms with Crippen LogP contribution >= 0.6 is 0 Å². The van der Waals surface area contributed by atoms with Gasteiger partial charge in [0.05, 0.1) is 25.5 Å². The minimum absolute atomic E-state index is 0.687. The lowest BCUT2D eigenvalue weighted by molar-refractivity contribution is -0.659. The van der Waals surface area contributed by atoms with Crippen molar-refractivity contribution in [3.63, 3.8) is 0 Å². The molecule has 0 aliphatic rings. The van der Waals surface area contributed by atoms with E-state index in [2.05, 4.69) is 91.1 Å². The predicted molar refractivity (Wildman–Crippen MR) is 156 cm³/mol. The van der Waals surface area contributed by atoms with Crippen LogP contribution in [0.15, 0.2) is 114 Å². The average Bonchev–Trinajstić information content (AvgIpc) is 3.52. The lowest BCUT2D eigenvalue weighted by Gasteiger charge is -2.09. The highest BCUT2D eigenvalue weighted by Gasteiger charge is 2.24. The molecule has 0 saturated carbocycles. The minimum Gasteiger partial charge on any atom is -0.454 e. The largest absolute Gasteiger partial charge is 0.454 e. The summed E-state index contributed by atoms with van der Waals surface area (Å²) in [6, 6.07) is 33.1. The van der Waals surface area contributed by atoms with Crippen molar-refractivity contribution >= 4 is 21.9 Å². The molecule has 0 aliphatic carbocycles. The van der Waals surface area contributed by atoms with Gasteiger partial charge in [-0.15, -0.1) is 0 Å². The molecular formula is C34H27N4O+. The fraction of sp³-hybridized carbons (Fsp3) is 0.0882. The van der Waals surface area contributed by atoms with Crippen molar-refractivity contribution in [2.24, 2.45) is 14.1 Å². The van der Waals surface area contributed by atoms with Crippen LogP contribution in [0.1, 0.15) is 5.56 Å². The van der Waals surface area contributed by atoms with E-state index in [1.807, 2.05) is 48.5 Å². The Hall–Kier alpha value is -5.03. The van der Waals surface area contributed by atoms with Crippen LogP contribution in [0.2, 0.25) is 0 Å². The van der Waals surface area contributed by atoms with Crippen LogP contribution in [-0.2, 0) is 14.1 Å². The lowest BCUT2D eigenvalue weighted by Crippen LogP contribution is -2.29. The number of aromatic nitrogens is 4. The number of aryl methyl sites for hydroxylation is 3. The van der Waals surface area contributed by atoms with Crippen LogP contribution in [0.5, 0.6) is 0 Å². The maximum atomic E-state index is 6.79. The van der Waals surface area contributed by atoms with Crippen molar-refractivity contribution in [2.45, 2.75) is 6.92 Å². The first kappa shape index (κ1) is 23.1. The molecule has 3 heterocycles. The van der Waals surface area contributed by atoms with E-state index in [1.54, 1.807) is 0 Å². The molecule has 0 aliphatic heterocycles. The van der Waals surface area contributed by atoms with E-state index >= 15 is 0 Å². The molecule has 5 nitrogen and oxygen atoms in total. The highest BCUT2D eigenvalue weighted by atomic mass is 16.3. The van der Waals surface area contributed by atoms with Crippen LogP contribution in [0.25, 0.3) is 67.2 Å². The topological polar surface area (TPSA) is 47.7 Å². The van der Waals surface area contributed by atoms with E-state index < -0.39 is 0 Å². The molecule has 4 aromatic carbocycles. The first-order valence-corrected chi connectivity index (χ1v) is 13.0. The molecule has 0 bridgehead atoms. The molecule has 39 heavy (non-hydrogen) atoms. The van der Waals surface area contributed by atoms with Crippen molar-refractivity contribution in [1.29, 1.82) is 0 Å². The second kappa shape index (κ2) is 9.07. The summed E-state index contributed by atoms with van der Waals surface area (Å²) < 4.78 is 11.1. The normalized spacial score (nSPS) is 11.5. The molecule has 0 amide bonds. The Bertz CT molecular complexity index is 1910. The Morgan fingerprint density at radius 3 is 2.13 bits per heavy atom. The second-order valence-corrected chi connectivity index (χ2v) is 9.96. The average molecular weight is 508 g/mol. The number of fused-ring (bicyclic) bond motifs is 3. The lowest BCUT2D eigenvalue weighted by atomic mass is 10.0. The smallest absolute Gasteiger partial charge is 0.292 e. The van der Waals surface area contributed by atoms with Gasteiger partial charge in [-0.1, -0.05) is 84.9 Å². The summed E-state index contributed by atoms with van der Waals surface area (Å²) in [4.78, 5) is 10.0. The number of hydrogen-bond acceptors (Lipinski definition) is 3. The summed E-state index contributed by atoms with van der Waals surface area (Å²) in [5, 5.41) is 2.16. The van der Waals surface area contributed by atoms with Gasteiger partial charge in [0, 0.05) is 27.5 Å². The SMILES string of the molecule is Cc1ccc2c(oc3c(-c4cc(-c5ccccc5)nc(-c5ccccc5)n4)cccc32)c1-c1n(C)cc[n+]1C. The van der Waals surface area contributed by atoms with E-state index in [9.17, 15) is 0 Å². The monoisotopic (exact) mass is 507 g/mol. The molecule has 7 rings (SSSR count). The number of furan rings is 1. The van der Waals surface area contributed by atoms with Crippen LogP contribution in [0.3, 0.4) is 0 Å². The van der Waals surface area contributed by atoms with Gasteiger partial charge in [0.15, 0.2) is 11.4 Å². The third-order valence-corrected chi connectivity index (χ3v) is 7.38. The molecule has 0 spiro atoms. The Morgan fingerprint density at radius 1 is 0.718 bits per heavy atom. The highest BCUT2D eigenvalue weighted by Crippen LogP contribution is 2.40. The third kappa shape index (κ3) is 3.82. The molecular weight excluding hydrogens is 480 g/mol. The predicted octanol–water partition coefficient (Wildman–Crippen LogP) is 7.52. The maximum absolute atomic E-state index is 6.79. The Balaban J connectivity index is 1.51. The van der Waals surface area contributed by atoms with Crippen LogP contribution in [0.4, 0.5) is 0 Å². The van der Waals surface area contributed by atoms with Crippen molar-refractivity contribution in [3.05, 3.63) is 115 Å². The number of para-hydroxylation sites is 1. The number of imidazole rings is 1. The van der Waals surface area contributed by atoms with E-state index in [4.69, 9.17) is 14.4 Å². The number of rotatable bonds is 4. The van der Waals surface area contributed by atoms with Crippen LogP contribution in [-0.4, -0.2) is 14.5 Å². The molecule has 0 radical (unpaired) electrons. The molecule has 3 aromatic heterocycles. The van der Waals surface area contributed by atoms with Crippen molar-refractivity contribution < 1.29 is 8.98 Å². The number of benzene rings is 4. The van der Waals surface area contributed by atoms with E-state index in [0.717, 1.165) is 61.4 Å². The highest BCUT2D eigenvalue weighted by molar-refractivity contribution is 6.12. The molecule has 0 unspecified atom stereocenters. The summed E-state index contributed by atoms with van der Waals surface area (Å²) in [5.74, 6) is 1.78. The fourth-order valence-corrected chi connectivity index (χ4v) is 5.44. The third-order valence-electron chi connectivity index (χ3n) is 7.38. The molecule has 0 fully saturated rings. The van der Waals surface area contributed by atoms with Crippen molar-refractivity contribution in [1.82, 2.24) is 14.5 Å². The Kier molecular flexibility index (Phi) is 5.37. The number of nitrogens with zero attached hydrogens (tertiary/aromatic N) is 4. The van der Waals surface area contributed by atoms with Gasteiger partial charge in [0.2, 0.25) is 0 Å². The molecule has 7 aromatic rings. The van der Waals surface area contributed by atoms with Gasteiger partial charge in [-0.05, 0) is 24.6 Å². The molecule has 0 atom stereocenters. The number of hydrogen-bond donors (Lipinski definition) is 0. The van der Waals surface area contributed by atoms with Gasteiger partial charge in [0.25, 0.3) is 5.82 Å². The van der Waals surface area contributed by atoms with Gasteiger partial charge < -0.3 is 4.42 Å². The van der Waals surface area contributed by atoms with Gasteiger partial charge in [-0.25, -0.2) is 19.1 Å². The van der Waals surface area contributed by atoms with Gasteiger partial charge in [-0.3, -0.25) is 0 Å². The zero-order valence-electron chi connectivity index (χ0n) is 22.1. The Labute approximate surface area is 226 Å². The molecule has 188 valence electrons. The summed E-state index contributed by atoms with van der Waals surface area (Å²) in [6.45, 7) is 2.14. The van der Waals surface area contributed by atoms with Gasteiger partial charge in [0.1, 0.15) is 23.5 Å². The van der Waals surface area contributed by atoms with Crippen molar-refractivity contribution in [3.8, 4) is 45.3 Å².